The Balaban J connectivity index is 1.76. The lowest BCUT2D eigenvalue weighted by Gasteiger charge is -2.07. The Morgan fingerprint density at radius 3 is 2.56 bits per heavy atom. The third-order valence-corrected chi connectivity index (χ3v) is 3.81. The number of hydrogen-bond acceptors (Lipinski definition) is 6. The van der Waals surface area contributed by atoms with Crippen molar-refractivity contribution in [3.8, 4) is 5.75 Å². The van der Waals surface area contributed by atoms with E-state index in [2.05, 4.69) is 20.9 Å². The van der Waals surface area contributed by atoms with E-state index in [4.69, 9.17) is 4.74 Å². The van der Waals surface area contributed by atoms with Crippen LogP contribution in [-0.4, -0.2) is 42.9 Å². The molecule has 1 aromatic carbocycles. The van der Waals surface area contributed by atoms with Gasteiger partial charge in [-0.05, 0) is 18.2 Å². The smallest absolute Gasteiger partial charge is 0.270 e. The summed E-state index contributed by atoms with van der Waals surface area (Å²) >= 11 is 1.17. The first-order valence-electron chi connectivity index (χ1n) is 7.43. The van der Waals surface area contributed by atoms with Crippen molar-refractivity contribution < 1.29 is 19.1 Å². The van der Waals surface area contributed by atoms with Crippen molar-refractivity contribution >= 4 is 34.2 Å². The number of methoxy groups -OCH3 is 1. The van der Waals surface area contributed by atoms with Gasteiger partial charge in [-0.1, -0.05) is 6.07 Å². The number of carbonyl (C=O) groups is 3. The number of amides is 3. The fourth-order valence-corrected chi connectivity index (χ4v) is 2.63. The molecule has 0 bridgehead atoms. The maximum absolute atomic E-state index is 12.0. The van der Waals surface area contributed by atoms with Crippen LogP contribution < -0.4 is 20.7 Å². The molecule has 3 amide bonds. The number of carbonyl (C=O) groups excluding carboxylic acids is 3. The van der Waals surface area contributed by atoms with Gasteiger partial charge in [-0.25, -0.2) is 4.98 Å². The largest absolute Gasteiger partial charge is 0.497 e. The number of ether oxygens (including phenoxy) is 1. The minimum atomic E-state index is -0.372. The van der Waals surface area contributed by atoms with Gasteiger partial charge >= 0.3 is 0 Å². The Morgan fingerprint density at radius 1 is 1.16 bits per heavy atom. The highest BCUT2D eigenvalue weighted by molar-refractivity contribution is 7.14. The Labute approximate surface area is 148 Å². The third kappa shape index (κ3) is 5.57. The summed E-state index contributed by atoms with van der Waals surface area (Å²) in [5.41, 5.74) is 0.693. The van der Waals surface area contributed by atoms with Gasteiger partial charge in [0.05, 0.1) is 7.11 Å². The zero-order valence-electron chi connectivity index (χ0n) is 13.8. The van der Waals surface area contributed by atoms with Gasteiger partial charge in [0.15, 0.2) is 5.13 Å². The van der Waals surface area contributed by atoms with E-state index < -0.39 is 0 Å². The first-order chi connectivity index (χ1) is 12.0. The van der Waals surface area contributed by atoms with Crippen LogP contribution in [0.25, 0.3) is 0 Å². The number of aromatic nitrogens is 1. The molecule has 0 aliphatic carbocycles. The second-order valence-electron chi connectivity index (χ2n) is 4.96. The van der Waals surface area contributed by atoms with Crippen molar-refractivity contribution in [1.29, 1.82) is 0 Å². The monoisotopic (exact) mass is 362 g/mol. The van der Waals surface area contributed by atoms with Crippen molar-refractivity contribution in [3.63, 3.8) is 0 Å². The SMILES string of the molecule is COc1cccc(C(=O)NCCNC(=O)c2csc(NC(C)=O)n2)c1. The van der Waals surface area contributed by atoms with Crippen LogP contribution in [0.1, 0.15) is 27.8 Å². The van der Waals surface area contributed by atoms with Crippen LogP contribution in [-0.2, 0) is 4.79 Å². The summed E-state index contributed by atoms with van der Waals surface area (Å²) in [7, 11) is 1.53. The molecule has 8 nitrogen and oxygen atoms in total. The lowest BCUT2D eigenvalue weighted by molar-refractivity contribution is -0.114. The second-order valence-corrected chi connectivity index (χ2v) is 5.82. The maximum Gasteiger partial charge on any atom is 0.270 e. The van der Waals surface area contributed by atoms with Gasteiger partial charge in [0.2, 0.25) is 5.91 Å². The van der Waals surface area contributed by atoms with Crippen LogP contribution in [0.4, 0.5) is 5.13 Å². The van der Waals surface area contributed by atoms with Gasteiger partial charge in [-0.15, -0.1) is 11.3 Å². The summed E-state index contributed by atoms with van der Waals surface area (Å²) in [6.07, 6.45) is 0. The van der Waals surface area contributed by atoms with Crippen LogP contribution >= 0.6 is 11.3 Å². The zero-order chi connectivity index (χ0) is 18.2. The van der Waals surface area contributed by atoms with Gasteiger partial charge in [0, 0.05) is 31.0 Å². The van der Waals surface area contributed by atoms with E-state index in [0.29, 0.717) is 16.4 Å². The molecule has 0 unspecified atom stereocenters. The maximum atomic E-state index is 12.0. The van der Waals surface area contributed by atoms with Gasteiger partial charge < -0.3 is 20.7 Å². The first-order valence-corrected chi connectivity index (χ1v) is 8.31. The normalized spacial score (nSPS) is 10.0. The fourth-order valence-electron chi connectivity index (χ4n) is 1.90. The summed E-state index contributed by atoms with van der Waals surface area (Å²) < 4.78 is 5.07. The van der Waals surface area contributed by atoms with Crippen LogP contribution in [0, 0.1) is 0 Å². The minimum absolute atomic E-state index is 0.216. The number of anilines is 1. The summed E-state index contributed by atoms with van der Waals surface area (Å²) in [6, 6.07) is 6.78. The van der Waals surface area contributed by atoms with Gasteiger partial charge in [0.1, 0.15) is 11.4 Å². The Kier molecular flexibility index (Phi) is 6.47. The van der Waals surface area contributed by atoms with Crippen molar-refractivity contribution in [3.05, 3.63) is 40.9 Å². The third-order valence-electron chi connectivity index (χ3n) is 3.05. The van der Waals surface area contributed by atoms with E-state index >= 15 is 0 Å². The Bertz CT molecular complexity index is 775. The average Bonchev–Trinajstić information content (AvgIpc) is 3.06. The first kappa shape index (κ1) is 18.4. The van der Waals surface area contributed by atoms with E-state index in [1.807, 2.05) is 0 Å². The highest BCUT2D eigenvalue weighted by atomic mass is 32.1. The fraction of sp³-hybridized carbons (Fsp3) is 0.250. The number of nitrogens with one attached hydrogen (secondary N) is 3. The molecular weight excluding hydrogens is 344 g/mol. The highest BCUT2D eigenvalue weighted by Crippen LogP contribution is 2.15. The summed E-state index contributed by atoms with van der Waals surface area (Å²) in [4.78, 5) is 38.9. The number of rotatable bonds is 7. The van der Waals surface area contributed by atoms with E-state index in [0.717, 1.165) is 0 Å². The molecule has 25 heavy (non-hydrogen) atoms. The molecule has 2 aromatic rings. The molecule has 0 saturated carbocycles. The van der Waals surface area contributed by atoms with Gasteiger partial charge in [-0.3, -0.25) is 14.4 Å². The molecule has 0 radical (unpaired) electrons. The zero-order valence-corrected chi connectivity index (χ0v) is 14.6. The van der Waals surface area contributed by atoms with Crippen molar-refractivity contribution in [1.82, 2.24) is 15.6 Å². The quantitative estimate of drug-likeness (QED) is 0.643. The molecule has 0 fully saturated rings. The van der Waals surface area contributed by atoms with E-state index in [1.54, 1.807) is 29.6 Å². The predicted molar refractivity (Wildman–Crippen MR) is 94.1 cm³/mol. The molecule has 0 aliphatic rings. The van der Waals surface area contributed by atoms with Crippen molar-refractivity contribution in [2.75, 3.05) is 25.5 Å². The molecule has 132 valence electrons. The lowest BCUT2D eigenvalue weighted by Crippen LogP contribution is -2.34. The molecular formula is C16H18N4O4S. The molecule has 3 N–H and O–H groups in total. The second kappa shape index (κ2) is 8.78. The van der Waals surface area contributed by atoms with E-state index in [1.165, 1.54) is 25.4 Å². The van der Waals surface area contributed by atoms with Crippen LogP contribution in [0.5, 0.6) is 5.75 Å². The standard InChI is InChI=1S/C16H18N4O4S/c1-10(21)19-16-20-13(9-25-16)15(23)18-7-6-17-14(22)11-4-3-5-12(8-11)24-2/h3-5,8-9H,6-7H2,1-2H3,(H,17,22)(H,18,23)(H,19,20,21). The number of benzene rings is 1. The average molecular weight is 362 g/mol. The Morgan fingerprint density at radius 2 is 1.88 bits per heavy atom. The van der Waals surface area contributed by atoms with Crippen LogP contribution in [0.2, 0.25) is 0 Å². The van der Waals surface area contributed by atoms with Crippen LogP contribution in [0.15, 0.2) is 29.6 Å². The van der Waals surface area contributed by atoms with Crippen LogP contribution in [0.3, 0.4) is 0 Å². The molecule has 0 atom stereocenters. The Hall–Kier alpha value is -2.94. The number of thiazole rings is 1. The van der Waals surface area contributed by atoms with Crippen molar-refractivity contribution in [2.24, 2.45) is 0 Å². The highest BCUT2D eigenvalue weighted by Gasteiger charge is 2.11. The summed E-state index contributed by atoms with van der Waals surface area (Å²) in [6.45, 7) is 1.89. The lowest BCUT2D eigenvalue weighted by atomic mass is 10.2. The van der Waals surface area contributed by atoms with Crippen molar-refractivity contribution in [2.45, 2.75) is 6.92 Å². The van der Waals surface area contributed by atoms with E-state index in [9.17, 15) is 14.4 Å². The molecule has 0 saturated heterocycles. The molecule has 1 heterocycles. The molecule has 9 heteroatoms. The molecule has 2 rings (SSSR count). The molecule has 1 aromatic heterocycles. The minimum Gasteiger partial charge on any atom is -0.497 e. The van der Waals surface area contributed by atoms with Gasteiger partial charge in [-0.2, -0.15) is 0 Å². The van der Waals surface area contributed by atoms with Gasteiger partial charge in [0.25, 0.3) is 11.8 Å². The number of hydrogen-bond donors (Lipinski definition) is 3. The molecule has 0 spiro atoms. The summed E-state index contributed by atoms with van der Waals surface area (Å²) in [5, 5.41) is 9.78. The topological polar surface area (TPSA) is 109 Å². The number of nitrogens with zero attached hydrogens (tertiary/aromatic N) is 1. The molecule has 0 aliphatic heterocycles. The summed E-state index contributed by atoms with van der Waals surface area (Å²) in [5.74, 6) is -0.278. The van der Waals surface area contributed by atoms with E-state index in [-0.39, 0.29) is 36.5 Å². The predicted octanol–water partition coefficient (Wildman–Crippen LogP) is 1.27.